The molecule has 106 valence electrons. The van der Waals surface area contributed by atoms with E-state index in [4.69, 9.17) is 0 Å². The number of carbonyl (C=O) groups is 2. The number of amides is 2. The third-order valence-corrected chi connectivity index (χ3v) is 3.41. The molecule has 1 aliphatic rings. The molecule has 0 N–H and O–H groups in total. The number of non-ortho nitro benzene ring substituents is 1. The number of nitro groups is 1. The summed E-state index contributed by atoms with van der Waals surface area (Å²) >= 11 is 0. The Hall–Kier alpha value is -2.44. The van der Waals surface area contributed by atoms with Crippen molar-refractivity contribution in [2.24, 2.45) is 0 Å². The van der Waals surface area contributed by atoms with Crippen molar-refractivity contribution in [2.45, 2.75) is 26.3 Å². The van der Waals surface area contributed by atoms with Crippen molar-refractivity contribution < 1.29 is 14.5 Å². The van der Waals surface area contributed by atoms with E-state index in [2.05, 4.69) is 0 Å². The van der Waals surface area contributed by atoms with Crippen LogP contribution >= 0.6 is 0 Å². The summed E-state index contributed by atoms with van der Waals surface area (Å²) in [6.45, 7) is 3.13. The predicted molar refractivity (Wildman–Crippen MR) is 73.7 cm³/mol. The van der Waals surface area contributed by atoms with E-state index in [0.29, 0.717) is 11.4 Å². The first kappa shape index (κ1) is 14.0. The van der Waals surface area contributed by atoms with E-state index in [9.17, 15) is 19.7 Å². The Bertz CT molecular complexity index is 599. The van der Waals surface area contributed by atoms with Gasteiger partial charge in [-0.15, -0.1) is 0 Å². The number of nitro benzene ring substituents is 1. The summed E-state index contributed by atoms with van der Waals surface area (Å²) in [7, 11) is 1.60. The minimum absolute atomic E-state index is 0.107. The molecular formula is C13H15N3O4. The molecule has 7 nitrogen and oxygen atoms in total. The van der Waals surface area contributed by atoms with Crippen molar-refractivity contribution in [3.63, 3.8) is 0 Å². The predicted octanol–water partition coefficient (Wildman–Crippen LogP) is 1.70. The van der Waals surface area contributed by atoms with Crippen LogP contribution in [0.1, 0.15) is 20.3 Å². The maximum absolute atomic E-state index is 12.0. The highest BCUT2D eigenvalue weighted by atomic mass is 16.6. The second kappa shape index (κ2) is 4.92. The van der Waals surface area contributed by atoms with Crippen LogP contribution in [0.25, 0.3) is 0 Å². The third kappa shape index (κ3) is 2.22. The molecule has 0 bridgehead atoms. The molecule has 0 saturated heterocycles. The summed E-state index contributed by atoms with van der Waals surface area (Å²) in [5.74, 6) is -0.376. The first-order valence-electron chi connectivity index (χ1n) is 6.17. The summed E-state index contributed by atoms with van der Waals surface area (Å²) in [4.78, 5) is 37.1. The average Bonchev–Trinajstić information content (AvgIpc) is 2.45. The Morgan fingerprint density at radius 2 is 2.05 bits per heavy atom. The number of carbonyl (C=O) groups excluding carboxylic acids is 2. The van der Waals surface area contributed by atoms with Crippen LogP contribution in [0.15, 0.2) is 18.2 Å². The van der Waals surface area contributed by atoms with Gasteiger partial charge in [-0.25, -0.2) is 0 Å². The minimum Gasteiger partial charge on any atom is -0.313 e. The van der Waals surface area contributed by atoms with Gasteiger partial charge in [0, 0.05) is 38.6 Å². The molecule has 2 rings (SSSR count). The van der Waals surface area contributed by atoms with Gasteiger partial charge in [0.25, 0.3) is 5.69 Å². The van der Waals surface area contributed by atoms with Gasteiger partial charge in [-0.3, -0.25) is 19.7 Å². The summed E-state index contributed by atoms with van der Waals surface area (Å²) in [6.07, 6.45) is 0.179. The molecular weight excluding hydrogens is 262 g/mol. The number of rotatable bonds is 1. The number of nitrogens with zero attached hydrogens (tertiary/aromatic N) is 3. The lowest BCUT2D eigenvalue weighted by Crippen LogP contribution is -2.37. The zero-order chi connectivity index (χ0) is 15.0. The fourth-order valence-electron chi connectivity index (χ4n) is 2.43. The van der Waals surface area contributed by atoms with Crippen molar-refractivity contribution in [1.82, 2.24) is 0 Å². The van der Waals surface area contributed by atoms with E-state index in [0.717, 1.165) is 0 Å². The molecule has 0 saturated carbocycles. The lowest BCUT2D eigenvalue weighted by Gasteiger charge is -2.26. The van der Waals surface area contributed by atoms with Gasteiger partial charge in [-0.1, -0.05) is 0 Å². The summed E-state index contributed by atoms with van der Waals surface area (Å²) < 4.78 is 0. The van der Waals surface area contributed by atoms with E-state index < -0.39 is 4.92 Å². The van der Waals surface area contributed by atoms with Gasteiger partial charge in [-0.05, 0) is 13.0 Å². The monoisotopic (exact) mass is 277 g/mol. The first-order valence-corrected chi connectivity index (χ1v) is 6.17. The van der Waals surface area contributed by atoms with Crippen LogP contribution in [0.2, 0.25) is 0 Å². The smallest absolute Gasteiger partial charge is 0.271 e. The van der Waals surface area contributed by atoms with E-state index in [1.165, 1.54) is 34.9 Å². The van der Waals surface area contributed by atoms with E-state index >= 15 is 0 Å². The van der Waals surface area contributed by atoms with Gasteiger partial charge in [0.1, 0.15) is 0 Å². The number of hydrogen-bond donors (Lipinski definition) is 0. The van der Waals surface area contributed by atoms with Crippen molar-refractivity contribution in [3.05, 3.63) is 28.3 Å². The molecule has 1 heterocycles. The molecule has 0 aliphatic carbocycles. The molecule has 0 unspecified atom stereocenters. The van der Waals surface area contributed by atoms with Crippen LogP contribution in [-0.2, 0) is 9.59 Å². The highest BCUT2D eigenvalue weighted by Gasteiger charge is 2.32. The molecule has 2 amide bonds. The summed E-state index contributed by atoms with van der Waals surface area (Å²) in [5.41, 5.74) is 0.789. The molecule has 1 aromatic carbocycles. The van der Waals surface area contributed by atoms with Crippen LogP contribution in [0, 0.1) is 10.1 Å². The fraction of sp³-hybridized carbons (Fsp3) is 0.385. The van der Waals surface area contributed by atoms with Crippen LogP contribution in [0.5, 0.6) is 0 Å². The van der Waals surface area contributed by atoms with E-state index in [1.54, 1.807) is 14.0 Å². The second-order valence-corrected chi connectivity index (χ2v) is 4.83. The first-order chi connectivity index (χ1) is 9.32. The van der Waals surface area contributed by atoms with Crippen LogP contribution in [0.3, 0.4) is 0 Å². The highest BCUT2D eigenvalue weighted by molar-refractivity contribution is 6.05. The van der Waals surface area contributed by atoms with Crippen molar-refractivity contribution >= 4 is 28.9 Å². The summed E-state index contributed by atoms with van der Waals surface area (Å²) in [6, 6.07) is 3.82. The van der Waals surface area contributed by atoms with Crippen LogP contribution in [-0.4, -0.2) is 29.8 Å². The normalized spacial score (nSPS) is 18.6. The molecule has 0 radical (unpaired) electrons. The summed E-state index contributed by atoms with van der Waals surface area (Å²) in [5, 5.41) is 10.9. The van der Waals surface area contributed by atoms with Gasteiger partial charge in [0.15, 0.2) is 0 Å². The Labute approximate surface area is 115 Å². The lowest BCUT2D eigenvalue weighted by molar-refractivity contribution is -0.384. The maximum atomic E-state index is 12.0. The zero-order valence-corrected chi connectivity index (χ0v) is 11.5. The molecule has 0 fully saturated rings. The number of fused-ring (bicyclic) bond motifs is 1. The molecule has 20 heavy (non-hydrogen) atoms. The third-order valence-electron chi connectivity index (χ3n) is 3.41. The van der Waals surface area contributed by atoms with Crippen LogP contribution < -0.4 is 9.80 Å². The van der Waals surface area contributed by atoms with Crippen LogP contribution in [0.4, 0.5) is 17.1 Å². The largest absolute Gasteiger partial charge is 0.313 e. The van der Waals surface area contributed by atoms with Crippen molar-refractivity contribution in [1.29, 1.82) is 0 Å². The van der Waals surface area contributed by atoms with Crippen molar-refractivity contribution in [3.8, 4) is 0 Å². The van der Waals surface area contributed by atoms with Crippen molar-refractivity contribution in [2.75, 3.05) is 16.8 Å². The Kier molecular flexibility index (Phi) is 3.44. The molecule has 0 spiro atoms. The second-order valence-electron chi connectivity index (χ2n) is 4.83. The van der Waals surface area contributed by atoms with Gasteiger partial charge >= 0.3 is 0 Å². The Balaban J connectivity index is 2.67. The van der Waals surface area contributed by atoms with Gasteiger partial charge in [-0.2, -0.15) is 0 Å². The molecule has 1 aliphatic heterocycles. The van der Waals surface area contributed by atoms with Gasteiger partial charge in [0.2, 0.25) is 11.8 Å². The average molecular weight is 277 g/mol. The van der Waals surface area contributed by atoms with E-state index in [1.807, 2.05) is 0 Å². The van der Waals surface area contributed by atoms with Gasteiger partial charge < -0.3 is 9.80 Å². The fourth-order valence-corrected chi connectivity index (χ4v) is 2.43. The molecule has 0 aromatic heterocycles. The quantitative estimate of drug-likeness (QED) is 0.577. The molecule has 1 aromatic rings. The lowest BCUT2D eigenvalue weighted by atomic mass is 10.1. The Morgan fingerprint density at radius 1 is 1.40 bits per heavy atom. The number of benzene rings is 1. The number of anilines is 2. The van der Waals surface area contributed by atoms with E-state index in [-0.39, 0.29) is 30.0 Å². The maximum Gasteiger partial charge on any atom is 0.271 e. The topological polar surface area (TPSA) is 83.8 Å². The highest BCUT2D eigenvalue weighted by Crippen LogP contribution is 2.37. The number of hydrogen-bond acceptors (Lipinski definition) is 4. The molecule has 1 atom stereocenters. The zero-order valence-electron chi connectivity index (χ0n) is 11.5. The van der Waals surface area contributed by atoms with Gasteiger partial charge in [0.05, 0.1) is 16.3 Å². The standard InChI is InChI=1S/C13H15N3O4/c1-8-6-13(18)14(3)11-5-4-10(16(19)20)7-12(11)15(8)9(2)17/h4-5,7-8H,6H2,1-3H3/t8-/m0/s1. The SMILES string of the molecule is CC(=O)N1c2cc([N+](=O)[O-])ccc2N(C)C(=O)C[C@@H]1C. The minimum atomic E-state index is -0.518. The molecule has 7 heteroatoms. The Morgan fingerprint density at radius 3 is 2.60 bits per heavy atom.